The van der Waals surface area contributed by atoms with Crippen LogP contribution in [0.25, 0.3) is 0 Å². The number of aromatic nitrogens is 1. The summed E-state index contributed by atoms with van der Waals surface area (Å²) < 4.78 is 5.07. The monoisotopic (exact) mass is 372 g/mol. The Morgan fingerprint density at radius 3 is 2.59 bits per heavy atom. The summed E-state index contributed by atoms with van der Waals surface area (Å²) in [5.74, 6) is 0.0106. The normalized spacial score (nSPS) is 15.0. The van der Waals surface area contributed by atoms with Crippen molar-refractivity contribution in [3.63, 3.8) is 0 Å². The Hall–Kier alpha value is -2.71. The van der Waals surface area contributed by atoms with Crippen molar-refractivity contribution >= 4 is 17.5 Å². The lowest BCUT2D eigenvalue weighted by atomic mass is 10.1. The maximum Gasteiger partial charge on any atom is 0.277 e. The number of oxazole rings is 1. The molecule has 1 aromatic carbocycles. The zero-order chi connectivity index (χ0) is 19.4. The molecule has 1 aromatic heterocycles. The molecule has 0 saturated carbocycles. The van der Waals surface area contributed by atoms with Crippen molar-refractivity contribution in [2.24, 2.45) is 0 Å². The van der Waals surface area contributed by atoms with E-state index >= 15 is 0 Å². The van der Waals surface area contributed by atoms with E-state index in [1.54, 1.807) is 24.0 Å². The van der Waals surface area contributed by atoms with E-state index in [9.17, 15) is 9.59 Å². The van der Waals surface area contributed by atoms with Gasteiger partial charge in [-0.3, -0.25) is 14.5 Å². The van der Waals surface area contributed by atoms with Crippen molar-refractivity contribution < 1.29 is 19.1 Å². The molecule has 2 aromatic rings. The lowest BCUT2D eigenvalue weighted by molar-refractivity contribution is 0.0615. The van der Waals surface area contributed by atoms with Gasteiger partial charge < -0.3 is 19.7 Å². The van der Waals surface area contributed by atoms with Crippen molar-refractivity contribution in [2.45, 2.75) is 13.8 Å². The number of β-amino-alcohol motifs (C(OH)–C–C–N with tert-alkyl or cyclic N) is 1. The number of hydrogen-bond acceptors (Lipinski definition) is 6. The molecule has 1 saturated heterocycles. The Bertz CT molecular complexity index is 825. The quantitative estimate of drug-likeness (QED) is 0.821. The van der Waals surface area contributed by atoms with E-state index in [0.29, 0.717) is 36.6 Å². The molecular formula is C19H24N4O4. The molecule has 2 N–H and O–H groups in total. The van der Waals surface area contributed by atoms with Crippen LogP contribution in [0, 0.1) is 13.8 Å². The maximum atomic E-state index is 12.8. The second kappa shape index (κ2) is 8.32. The van der Waals surface area contributed by atoms with Crippen LogP contribution in [0.15, 0.2) is 29.0 Å². The van der Waals surface area contributed by atoms with Crippen LogP contribution in [0.1, 0.15) is 32.2 Å². The van der Waals surface area contributed by atoms with E-state index in [0.717, 1.165) is 18.7 Å². The van der Waals surface area contributed by atoms with Crippen LogP contribution < -0.4 is 5.32 Å². The molecule has 27 heavy (non-hydrogen) atoms. The minimum absolute atomic E-state index is 0.0632. The SMILES string of the molecule is Cc1ccc(C(=O)N2CCN(CCO)CC2)cc1NC(=O)c1ncoc1C. The zero-order valence-corrected chi connectivity index (χ0v) is 15.6. The highest BCUT2D eigenvalue weighted by atomic mass is 16.3. The number of benzene rings is 1. The second-order valence-electron chi connectivity index (χ2n) is 6.60. The fourth-order valence-electron chi connectivity index (χ4n) is 3.09. The largest absolute Gasteiger partial charge is 0.448 e. The smallest absolute Gasteiger partial charge is 0.277 e. The average Bonchev–Trinajstić information content (AvgIpc) is 3.10. The minimum atomic E-state index is -0.369. The number of aliphatic hydroxyl groups excluding tert-OH is 1. The third-order valence-corrected chi connectivity index (χ3v) is 4.77. The van der Waals surface area contributed by atoms with Crippen molar-refractivity contribution in [1.29, 1.82) is 0 Å². The molecular weight excluding hydrogens is 348 g/mol. The highest BCUT2D eigenvalue weighted by Crippen LogP contribution is 2.20. The Morgan fingerprint density at radius 2 is 1.96 bits per heavy atom. The number of hydrogen-bond donors (Lipinski definition) is 2. The molecule has 144 valence electrons. The standard InChI is InChI=1S/C19H24N4O4/c1-13-3-4-15(19(26)23-7-5-22(6-8-23)9-10-24)11-16(13)21-18(25)17-14(2)27-12-20-17/h3-4,11-12,24H,5-10H2,1-2H3,(H,21,25). The summed E-state index contributed by atoms with van der Waals surface area (Å²) in [5.41, 5.74) is 2.19. The third-order valence-electron chi connectivity index (χ3n) is 4.77. The van der Waals surface area contributed by atoms with E-state index in [-0.39, 0.29) is 24.1 Å². The molecule has 0 spiro atoms. The molecule has 1 fully saturated rings. The number of nitrogens with one attached hydrogen (secondary N) is 1. The minimum Gasteiger partial charge on any atom is -0.448 e. The number of piperazine rings is 1. The summed E-state index contributed by atoms with van der Waals surface area (Å²) >= 11 is 0. The van der Waals surface area contributed by atoms with Gasteiger partial charge in [0.25, 0.3) is 11.8 Å². The number of carbonyl (C=O) groups excluding carboxylic acids is 2. The summed E-state index contributed by atoms with van der Waals surface area (Å²) in [4.78, 5) is 33.0. The van der Waals surface area contributed by atoms with Crippen LogP contribution >= 0.6 is 0 Å². The van der Waals surface area contributed by atoms with Crippen LogP contribution in [-0.2, 0) is 0 Å². The highest BCUT2D eigenvalue weighted by Gasteiger charge is 2.23. The first-order valence-electron chi connectivity index (χ1n) is 8.94. The topological polar surface area (TPSA) is 98.9 Å². The average molecular weight is 372 g/mol. The van der Waals surface area contributed by atoms with Gasteiger partial charge in [0.1, 0.15) is 5.76 Å². The van der Waals surface area contributed by atoms with Gasteiger partial charge in [0.2, 0.25) is 0 Å². The van der Waals surface area contributed by atoms with Gasteiger partial charge >= 0.3 is 0 Å². The summed E-state index contributed by atoms with van der Waals surface area (Å²) in [5, 5.41) is 11.8. The van der Waals surface area contributed by atoms with Crippen molar-refractivity contribution in [3.8, 4) is 0 Å². The summed E-state index contributed by atoms with van der Waals surface area (Å²) in [6.45, 7) is 7.02. The zero-order valence-electron chi connectivity index (χ0n) is 15.6. The van der Waals surface area contributed by atoms with Crippen LogP contribution in [-0.4, -0.2) is 71.0 Å². The third kappa shape index (κ3) is 4.35. The first kappa shape index (κ1) is 19.1. The Labute approximate surface area is 157 Å². The number of anilines is 1. The van der Waals surface area contributed by atoms with E-state index in [1.807, 2.05) is 13.0 Å². The predicted octanol–water partition coefficient (Wildman–Crippen LogP) is 1.29. The molecule has 1 aliphatic heterocycles. The van der Waals surface area contributed by atoms with Gasteiger partial charge in [0.15, 0.2) is 12.1 Å². The lowest BCUT2D eigenvalue weighted by Crippen LogP contribution is -2.49. The molecule has 8 heteroatoms. The van der Waals surface area contributed by atoms with E-state index in [1.165, 1.54) is 6.39 Å². The maximum absolute atomic E-state index is 12.8. The summed E-state index contributed by atoms with van der Waals surface area (Å²) in [7, 11) is 0. The second-order valence-corrected chi connectivity index (χ2v) is 6.60. The van der Waals surface area contributed by atoms with Crippen LogP contribution in [0.3, 0.4) is 0 Å². The Balaban J connectivity index is 1.70. The van der Waals surface area contributed by atoms with Gasteiger partial charge in [-0.25, -0.2) is 4.98 Å². The van der Waals surface area contributed by atoms with Crippen molar-refractivity contribution in [1.82, 2.24) is 14.8 Å². The number of aliphatic hydroxyl groups is 1. The fraction of sp³-hybridized carbons (Fsp3) is 0.421. The molecule has 8 nitrogen and oxygen atoms in total. The Kier molecular flexibility index (Phi) is 5.88. The van der Waals surface area contributed by atoms with Crippen molar-refractivity contribution in [2.75, 3.05) is 44.6 Å². The molecule has 2 amide bonds. The van der Waals surface area contributed by atoms with Gasteiger partial charge in [-0.1, -0.05) is 6.07 Å². The summed E-state index contributed by atoms with van der Waals surface area (Å²) in [6.07, 6.45) is 1.23. The van der Waals surface area contributed by atoms with Gasteiger partial charge in [0, 0.05) is 44.0 Å². The van der Waals surface area contributed by atoms with Crippen molar-refractivity contribution in [3.05, 3.63) is 47.2 Å². The van der Waals surface area contributed by atoms with Crippen LogP contribution in [0.5, 0.6) is 0 Å². The molecule has 0 radical (unpaired) electrons. The first-order chi connectivity index (χ1) is 13.0. The van der Waals surface area contributed by atoms with Crippen LogP contribution in [0.2, 0.25) is 0 Å². The molecule has 1 aliphatic rings. The Morgan fingerprint density at radius 1 is 1.22 bits per heavy atom. The van der Waals surface area contributed by atoms with E-state index < -0.39 is 0 Å². The number of rotatable bonds is 5. The molecule has 0 unspecified atom stereocenters. The fourth-order valence-corrected chi connectivity index (χ4v) is 3.09. The highest BCUT2D eigenvalue weighted by molar-refractivity contribution is 6.05. The van der Waals surface area contributed by atoms with Gasteiger partial charge in [0.05, 0.1) is 6.61 Å². The van der Waals surface area contributed by atoms with E-state index in [4.69, 9.17) is 9.52 Å². The predicted molar refractivity (Wildman–Crippen MR) is 99.8 cm³/mol. The first-order valence-corrected chi connectivity index (χ1v) is 8.94. The molecule has 2 heterocycles. The molecule has 0 aliphatic carbocycles. The van der Waals surface area contributed by atoms with Gasteiger partial charge in [-0.2, -0.15) is 0 Å². The summed E-state index contributed by atoms with van der Waals surface area (Å²) in [6, 6.07) is 5.29. The molecule has 0 atom stereocenters. The number of amides is 2. The molecule has 0 bridgehead atoms. The van der Waals surface area contributed by atoms with Gasteiger partial charge in [-0.05, 0) is 31.5 Å². The lowest BCUT2D eigenvalue weighted by Gasteiger charge is -2.34. The van der Waals surface area contributed by atoms with E-state index in [2.05, 4.69) is 15.2 Å². The number of carbonyl (C=O) groups is 2. The van der Waals surface area contributed by atoms with Crippen LogP contribution in [0.4, 0.5) is 5.69 Å². The van der Waals surface area contributed by atoms with Gasteiger partial charge in [-0.15, -0.1) is 0 Å². The molecule has 3 rings (SSSR count). The number of aryl methyl sites for hydroxylation is 2. The number of nitrogens with zero attached hydrogens (tertiary/aromatic N) is 3.